The fourth-order valence-corrected chi connectivity index (χ4v) is 2.05. The molecule has 1 unspecified atom stereocenters. The van der Waals surface area contributed by atoms with E-state index in [0.29, 0.717) is 23.7 Å². The molecule has 0 heterocycles. The molecule has 0 radical (unpaired) electrons. The maximum Gasteiger partial charge on any atom is 0.203 e. The number of ether oxygens (including phenoxy) is 3. The lowest BCUT2D eigenvalue weighted by atomic mass is 10.0. The first-order chi connectivity index (χ1) is 9.71. The second kappa shape index (κ2) is 8.34. The molecule has 0 saturated carbocycles. The quantitative estimate of drug-likeness (QED) is 0.742. The van der Waals surface area contributed by atoms with E-state index in [1.165, 1.54) is 0 Å². The Morgan fingerprint density at radius 3 is 2.15 bits per heavy atom. The maximum absolute atomic E-state index is 5.46. The summed E-state index contributed by atoms with van der Waals surface area (Å²) in [5.74, 6) is 4.58. The van der Waals surface area contributed by atoms with Gasteiger partial charge in [-0.15, -0.1) is 12.3 Å². The van der Waals surface area contributed by atoms with Crippen LogP contribution in [0.25, 0.3) is 0 Å². The van der Waals surface area contributed by atoms with Crippen molar-refractivity contribution in [3.8, 4) is 29.6 Å². The topological polar surface area (TPSA) is 39.7 Å². The van der Waals surface area contributed by atoms with E-state index in [-0.39, 0.29) is 6.04 Å². The number of nitrogens with one attached hydrogen (secondary N) is 1. The van der Waals surface area contributed by atoms with Gasteiger partial charge in [-0.3, -0.25) is 0 Å². The van der Waals surface area contributed by atoms with E-state index in [4.69, 9.17) is 20.6 Å². The summed E-state index contributed by atoms with van der Waals surface area (Å²) in [4.78, 5) is 0. The molecule has 1 atom stereocenters. The van der Waals surface area contributed by atoms with Crippen molar-refractivity contribution in [1.29, 1.82) is 0 Å². The summed E-state index contributed by atoms with van der Waals surface area (Å²) in [7, 11) is 4.81. The molecule has 0 aliphatic carbocycles. The van der Waals surface area contributed by atoms with Crippen molar-refractivity contribution >= 4 is 0 Å². The van der Waals surface area contributed by atoms with E-state index < -0.39 is 0 Å². The highest BCUT2D eigenvalue weighted by atomic mass is 16.5. The van der Waals surface area contributed by atoms with Crippen LogP contribution in [0.15, 0.2) is 12.1 Å². The van der Waals surface area contributed by atoms with Gasteiger partial charge in [0.1, 0.15) is 0 Å². The highest BCUT2D eigenvalue weighted by molar-refractivity contribution is 5.54. The third-order valence-electron chi connectivity index (χ3n) is 3.05. The Morgan fingerprint density at radius 1 is 1.15 bits per heavy atom. The number of hydrogen-bond acceptors (Lipinski definition) is 4. The minimum absolute atomic E-state index is 0.0775. The molecular formula is C16H23NO3. The minimum Gasteiger partial charge on any atom is -0.493 e. The van der Waals surface area contributed by atoms with Gasteiger partial charge in [0.05, 0.1) is 21.3 Å². The van der Waals surface area contributed by atoms with Gasteiger partial charge in [0.2, 0.25) is 5.75 Å². The molecular weight excluding hydrogens is 254 g/mol. The van der Waals surface area contributed by atoms with Gasteiger partial charge in [-0.05, 0) is 30.7 Å². The van der Waals surface area contributed by atoms with Gasteiger partial charge in [-0.2, -0.15) is 0 Å². The predicted octanol–water partition coefficient (Wildman–Crippen LogP) is 2.78. The molecule has 20 heavy (non-hydrogen) atoms. The molecule has 4 heteroatoms. The van der Waals surface area contributed by atoms with Crippen LogP contribution >= 0.6 is 0 Å². The summed E-state index contributed by atoms with van der Waals surface area (Å²) in [6.45, 7) is 3.03. The summed E-state index contributed by atoms with van der Waals surface area (Å²) in [5, 5.41) is 3.43. The average molecular weight is 277 g/mol. The maximum atomic E-state index is 5.46. The molecule has 0 fully saturated rings. The Kier molecular flexibility index (Phi) is 6.75. The van der Waals surface area contributed by atoms with Crippen molar-refractivity contribution in [3.05, 3.63) is 17.7 Å². The van der Waals surface area contributed by atoms with Gasteiger partial charge < -0.3 is 19.5 Å². The fourth-order valence-electron chi connectivity index (χ4n) is 2.05. The lowest BCUT2D eigenvalue weighted by molar-refractivity contribution is 0.323. The molecule has 0 saturated heterocycles. The summed E-state index contributed by atoms with van der Waals surface area (Å²) >= 11 is 0. The lowest BCUT2D eigenvalue weighted by Gasteiger charge is -2.20. The average Bonchev–Trinajstić information content (AvgIpc) is 2.49. The molecule has 0 aliphatic rings. The van der Waals surface area contributed by atoms with E-state index >= 15 is 0 Å². The molecule has 1 aromatic rings. The zero-order chi connectivity index (χ0) is 15.0. The van der Waals surface area contributed by atoms with Crippen molar-refractivity contribution in [2.75, 3.05) is 27.9 Å². The lowest BCUT2D eigenvalue weighted by Crippen LogP contribution is -2.22. The van der Waals surface area contributed by atoms with Gasteiger partial charge in [-0.1, -0.05) is 6.92 Å². The number of benzene rings is 1. The summed E-state index contributed by atoms with van der Waals surface area (Å²) in [6, 6.07) is 3.95. The molecule has 110 valence electrons. The third-order valence-corrected chi connectivity index (χ3v) is 3.05. The van der Waals surface area contributed by atoms with E-state index in [0.717, 1.165) is 18.5 Å². The molecule has 1 aromatic carbocycles. The second-order valence-corrected chi connectivity index (χ2v) is 4.37. The molecule has 0 spiro atoms. The number of methoxy groups -OCH3 is 3. The van der Waals surface area contributed by atoms with Crippen LogP contribution in [0.3, 0.4) is 0 Å². The van der Waals surface area contributed by atoms with Crippen LogP contribution in [0.2, 0.25) is 0 Å². The van der Waals surface area contributed by atoms with Gasteiger partial charge in [-0.25, -0.2) is 0 Å². The van der Waals surface area contributed by atoms with Crippen LogP contribution < -0.4 is 19.5 Å². The summed E-state index contributed by atoms with van der Waals surface area (Å²) in [5.41, 5.74) is 1.03. The van der Waals surface area contributed by atoms with Crippen LogP contribution in [0.4, 0.5) is 0 Å². The standard InChI is InChI=1S/C16H23NO3/c1-6-8-13(17-9-7-2)12-10-14(18-3)16(20-5)15(11-12)19-4/h1,10-11,13,17H,7-9H2,2-5H3. The Morgan fingerprint density at radius 2 is 1.75 bits per heavy atom. The number of rotatable bonds is 8. The molecule has 0 aromatic heterocycles. The van der Waals surface area contributed by atoms with Crippen molar-refractivity contribution in [2.45, 2.75) is 25.8 Å². The van der Waals surface area contributed by atoms with Crippen LogP contribution in [-0.2, 0) is 0 Å². The van der Waals surface area contributed by atoms with E-state index in [1.807, 2.05) is 12.1 Å². The SMILES string of the molecule is C#CCC(NCCC)c1cc(OC)c(OC)c(OC)c1. The first-order valence-corrected chi connectivity index (χ1v) is 6.68. The van der Waals surface area contributed by atoms with Crippen molar-refractivity contribution < 1.29 is 14.2 Å². The smallest absolute Gasteiger partial charge is 0.203 e. The van der Waals surface area contributed by atoms with E-state index in [1.54, 1.807) is 21.3 Å². The molecule has 1 rings (SSSR count). The van der Waals surface area contributed by atoms with Gasteiger partial charge in [0.15, 0.2) is 11.5 Å². The molecule has 0 amide bonds. The summed E-state index contributed by atoms with van der Waals surface area (Å²) in [6.07, 6.45) is 7.12. The van der Waals surface area contributed by atoms with Gasteiger partial charge >= 0.3 is 0 Å². The first kappa shape index (κ1) is 16.2. The van der Waals surface area contributed by atoms with Crippen molar-refractivity contribution in [1.82, 2.24) is 5.32 Å². The Hall–Kier alpha value is -1.86. The van der Waals surface area contributed by atoms with Crippen molar-refractivity contribution in [3.63, 3.8) is 0 Å². The first-order valence-electron chi connectivity index (χ1n) is 6.68. The zero-order valence-corrected chi connectivity index (χ0v) is 12.7. The van der Waals surface area contributed by atoms with Crippen LogP contribution in [-0.4, -0.2) is 27.9 Å². The summed E-state index contributed by atoms with van der Waals surface area (Å²) < 4.78 is 16.1. The molecule has 1 N–H and O–H groups in total. The Balaban J connectivity index is 3.18. The van der Waals surface area contributed by atoms with Crippen LogP contribution in [0, 0.1) is 12.3 Å². The third kappa shape index (κ3) is 3.82. The molecule has 0 aliphatic heterocycles. The van der Waals surface area contributed by atoms with Gasteiger partial charge in [0.25, 0.3) is 0 Å². The Bertz CT molecular complexity index is 440. The molecule has 4 nitrogen and oxygen atoms in total. The van der Waals surface area contributed by atoms with E-state index in [2.05, 4.69) is 18.2 Å². The number of hydrogen-bond donors (Lipinski definition) is 1. The zero-order valence-electron chi connectivity index (χ0n) is 12.7. The minimum atomic E-state index is 0.0775. The highest BCUT2D eigenvalue weighted by Gasteiger charge is 2.17. The van der Waals surface area contributed by atoms with Crippen LogP contribution in [0.5, 0.6) is 17.2 Å². The molecule has 0 bridgehead atoms. The van der Waals surface area contributed by atoms with E-state index in [9.17, 15) is 0 Å². The predicted molar refractivity (Wildman–Crippen MR) is 80.6 cm³/mol. The normalized spacial score (nSPS) is 11.6. The fraction of sp³-hybridized carbons (Fsp3) is 0.500. The largest absolute Gasteiger partial charge is 0.493 e. The highest BCUT2D eigenvalue weighted by Crippen LogP contribution is 2.40. The number of terminal acetylenes is 1. The van der Waals surface area contributed by atoms with Crippen LogP contribution in [0.1, 0.15) is 31.4 Å². The Labute approximate surface area is 121 Å². The monoisotopic (exact) mass is 277 g/mol. The second-order valence-electron chi connectivity index (χ2n) is 4.37. The van der Waals surface area contributed by atoms with Gasteiger partial charge in [0, 0.05) is 12.5 Å². The van der Waals surface area contributed by atoms with Crippen molar-refractivity contribution in [2.24, 2.45) is 0 Å².